The number of hydrogen-bond acceptors (Lipinski definition) is 3. The van der Waals surface area contributed by atoms with Gasteiger partial charge < -0.3 is 4.90 Å². The molecule has 4 nitrogen and oxygen atoms in total. The van der Waals surface area contributed by atoms with Crippen molar-refractivity contribution in [3.8, 4) is 0 Å². The number of benzene rings is 1. The van der Waals surface area contributed by atoms with Crippen molar-refractivity contribution in [1.82, 2.24) is 9.97 Å². The van der Waals surface area contributed by atoms with Crippen LogP contribution in [0.4, 0.5) is 14.7 Å². The maximum absolute atomic E-state index is 13.8. The highest BCUT2D eigenvalue weighted by Crippen LogP contribution is 2.18. The fourth-order valence-corrected chi connectivity index (χ4v) is 2.23. The molecule has 0 unspecified atom stereocenters. The van der Waals surface area contributed by atoms with Crippen LogP contribution in [0.3, 0.4) is 0 Å². The van der Waals surface area contributed by atoms with Crippen LogP contribution in [0.25, 0.3) is 0 Å². The van der Waals surface area contributed by atoms with Gasteiger partial charge in [-0.15, -0.1) is 0 Å². The van der Waals surface area contributed by atoms with E-state index in [-0.39, 0.29) is 17.5 Å². The first kappa shape index (κ1) is 16.1. The Morgan fingerprint density at radius 2 is 1.91 bits per heavy atom. The number of anilines is 1. The maximum Gasteiger partial charge on any atom is 0.255 e. The minimum absolute atomic E-state index is 0.0543. The van der Waals surface area contributed by atoms with Crippen molar-refractivity contribution in [3.05, 3.63) is 57.0 Å². The van der Waals surface area contributed by atoms with E-state index < -0.39 is 11.6 Å². The van der Waals surface area contributed by atoms with E-state index >= 15 is 0 Å². The van der Waals surface area contributed by atoms with Crippen molar-refractivity contribution in [1.29, 1.82) is 0 Å². The van der Waals surface area contributed by atoms with Crippen LogP contribution in [-0.2, 0) is 6.42 Å². The van der Waals surface area contributed by atoms with Crippen LogP contribution in [0.1, 0.15) is 30.2 Å². The van der Waals surface area contributed by atoms with Gasteiger partial charge in [-0.25, -0.2) is 13.8 Å². The summed E-state index contributed by atoms with van der Waals surface area (Å²) < 4.78 is 27.6. The molecule has 0 fully saturated rings. The van der Waals surface area contributed by atoms with Gasteiger partial charge >= 0.3 is 0 Å². The molecule has 1 aromatic carbocycles. The van der Waals surface area contributed by atoms with Crippen LogP contribution < -0.4 is 10.5 Å². The molecule has 0 aliphatic heterocycles. The first-order chi connectivity index (χ1) is 10.4. The van der Waals surface area contributed by atoms with Gasteiger partial charge in [-0.1, -0.05) is 13.0 Å². The molecule has 6 heteroatoms. The first-order valence-corrected chi connectivity index (χ1v) is 7.17. The Morgan fingerprint density at radius 3 is 2.50 bits per heavy atom. The summed E-state index contributed by atoms with van der Waals surface area (Å²) >= 11 is 0. The lowest BCUT2D eigenvalue weighted by atomic mass is 10.1. The number of rotatable bonds is 5. The Morgan fingerprint density at radius 1 is 1.27 bits per heavy atom. The molecule has 0 atom stereocenters. The number of aromatic nitrogens is 2. The zero-order chi connectivity index (χ0) is 16.3. The predicted octanol–water partition coefficient (Wildman–Crippen LogP) is 2.79. The second-order valence-corrected chi connectivity index (χ2v) is 5.26. The van der Waals surface area contributed by atoms with Crippen LogP contribution in [-0.4, -0.2) is 23.6 Å². The molecule has 118 valence electrons. The quantitative estimate of drug-likeness (QED) is 0.924. The summed E-state index contributed by atoms with van der Waals surface area (Å²) in [4.78, 5) is 20.9. The van der Waals surface area contributed by atoms with Gasteiger partial charge in [0.15, 0.2) is 0 Å². The van der Waals surface area contributed by atoms with Crippen LogP contribution in [0.2, 0.25) is 0 Å². The molecule has 0 saturated heterocycles. The van der Waals surface area contributed by atoms with Crippen molar-refractivity contribution >= 4 is 5.95 Å². The van der Waals surface area contributed by atoms with E-state index in [0.717, 1.165) is 13.0 Å². The van der Waals surface area contributed by atoms with E-state index in [1.807, 2.05) is 18.9 Å². The van der Waals surface area contributed by atoms with Crippen molar-refractivity contribution in [2.45, 2.75) is 26.7 Å². The average Bonchev–Trinajstić information content (AvgIpc) is 2.47. The molecule has 1 aromatic heterocycles. The summed E-state index contributed by atoms with van der Waals surface area (Å²) in [6, 6.07) is 3.71. The van der Waals surface area contributed by atoms with Crippen LogP contribution >= 0.6 is 0 Å². The largest absolute Gasteiger partial charge is 0.345 e. The standard InChI is InChI=1S/C16H19F2N3O/c1-4-8-21(3)16-19-14(10(2)15(22)20-16)9-11-12(17)6-5-7-13(11)18/h5-7H,4,8-9H2,1-3H3,(H,19,20,22). The highest BCUT2D eigenvalue weighted by Gasteiger charge is 2.15. The Kier molecular flexibility index (Phi) is 4.90. The fourth-order valence-electron chi connectivity index (χ4n) is 2.23. The number of aromatic amines is 1. The lowest BCUT2D eigenvalue weighted by Crippen LogP contribution is -2.26. The third-order valence-electron chi connectivity index (χ3n) is 3.57. The predicted molar refractivity (Wildman–Crippen MR) is 82.3 cm³/mol. The van der Waals surface area contributed by atoms with Gasteiger partial charge in [0.1, 0.15) is 11.6 Å². The number of nitrogens with zero attached hydrogens (tertiary/aromatic N) is 2. The minimum atomic E-state index is -0.634. The van der Waals surface area contributed by atoms with Crippen LogP contribution in [0.5, 0.6) is 0 Å². The molecule has 0 saturated carbocycles. The average molecular weight is 307 g/mol. The second-order valence-electron chi connectivity index (χ2n) is 5.26. The van der Waals surface area contributed by atoms with Gasteiger partial charge in [-0.05, 0) is 25.5 Å². The molecule has 0 amide bonds. The SMILES string of the molecule is CCCN(C)c1nc(Cc2c(F)cccc2F)c(C)c(=O)[nH]1. The molecular weight excluding hydrogens is 288 g/mol. The Labute approximate surface area is 127 Å². The molecule has 2 rings (SSSR count). The number of nitrogens with one attached hydrogen (secondary N) is 1. The number of hydrogen-bond donors (Lipinski definition) is 1. The smallest absolute Gasteiger partial charge is 0.255 e. The highest BCUT2D eigenvalue weighted by atomic mass is 19.1. The van der Waals surface area contributed by atoms with E-state index in [9.17, 15) is 13.6 Å². The van der Waals surface area contributed by atoms with Gasteiger partial charge in [-0.2, -0.15) is 0 Å². The second kappa shape index (κ2) is 6.68. The zero-order valence-corrected chi connectivity index (χ0v) is 12.9. The molecule has 22 heavy (non-hydrogen) atoms. The topological polar surface area (TPSA) is 49.0 Å². The summed E-state index contributed by atoms with van der Waals surface area (Å²) in [5, 5.41) is 0. The third-order valence-corrected chi connectivity index (χ3v) is 3.57. The van der Waals surface area contributed by atoms with Crippen molar-refractivity contribution in [2.75, 3.05) is 18.5 Å². The molecule has 0 aliphatic rings. The molecule has 0 spiro atoms. The van der Waals surface area contributed by atoms with E-state index in [1.165, 1.54) is 18.2 Å². The van der Waals surface area contributed by atoms with Crippen LogP contribution in [0, 0.1) is 18.6 Å². The summed E-state index contributed by atoms with van der Waals surface area (Å²) in [6.07, 6.45) is 0.840. The monoisotopic (exact) mass is 307 g/mol. The fraction of sp³-hybridized carbons (Fsp3) is 0.375. The van der Waals surface area contributed by atoms with Gasteiger partial charge in [0.05, 0.1) is 5.69 Å². The van der Waals surface area contributed by atoms with Gasteiger partial charge in [0.25, 0.3) is 5.56 Å². The van der Waals surface area contributed by atoms with Crippen molar-refractivity contribution in [3.63, 3.8) is 0 Å². The zero-order valence-electron chi connectivity index (χ0n) is 12.9. The van der Waals surface area contributed by atoms with E-state index in [4.69, 9.17) is 0 Å². The van der Waals surface area contributed by atoms with Gasteiger partial charge in [-0.3, -0.25) is 9.78 Å². The van der Waals surface area contributed by atoms with Crippen molar-refractivity contribution in [2.24, 2.45) is 0 Å². The van der Waals surface area contributed by atoms with Gasteiger partial charge in [0.2, 0.25) is 5.95 Å². The first-order valence-electron chi connectivity index (χ1n) is 7.17. The van der Waals surface area contributed by atoms with Gasteiger partial charge in [0, 0.05) is 31.1 Å². The molecule has 0 aliphatic carbocycles. The number of H-pyrrole nitrogens is 1. The Balaban J connectivity index is 2.44. The van der Waals surface area contributed by atoms with E-state index in [0.29, 0.717) is 17.2 Å². The molecule has 0 radical (unpaired) electrons. The number of halogens is 2. The Bertz CT molecular complexity index is 708. The van der Waals surface area contributed by atoms with E-state index in [1.54, 1.807) is 6.92 Å². The summed E-state index contributed by atoms with van der Waals surface area (Å²) in [5.41, 5.74) is 0.384. The molecule has 1 heterocycles. The lowest BCUT2D eigenvalue weighted by Gasteiger charge is -2.18. The van der Waals surface area contributed by atoms with Crippen LogP contribution in [0.15, 0.2) is 23.0 Å². The molecular formula is C16H19F2N3O. The normalized spacial score (nSPS) is 10.8. The molecule has 0 bridgehead atoms. The Hall–Kier alpha value is -2.24. The van der Waals surface area contributed by atoms with Crippen molar-refractivity contribution < 1.29 is 8.78 Å². The minimum Gasteiger partial charge on any atom is -0.345 e. The summed E-state index contributed by atoms with van der Waals surface area (Å²) in [6.45, 7) is 4.33. The maximum atomic E-state index is 13.8. The molecule has 1 N–H and O–H groups in total. The highest BCUT2D eigenvalue weighted by molar-refractivity contribution is 5.35. The summed E-state index contributed by atoms with van der Waals surface area (Å²) in [5.74, 6) is -0.862. The summed E-state index contributed by atoms with van der Waals surface area (Å²) in [7, 11) is 1.81. The lowest BCUT2D eigenvalue weighted by molar-refractivity contribution is 0.560. The van der Waals surface area contributed by atoms with E-state index in [2.05, 4.69) is 9.97 Å². The third kappa shape index (κ3) is 3.32. The molecule has 2 aromatic rings.